The maximum Gasteiger partial charge on any atom is 0.198 e. The highest BCUT2D eigenvalue weighted by Gasteiger charge is 2.23. The van der Waals surface area contributed by atoms with E-state index in [0.29, 0.717) is 0 Å². The number of fused-ring (bicyclic) bond motifs is 13. The Morgan fingerprint density at radius 2 is 1.11 bits per heavy atom. The van der Waals surface area contributed by atoms with Gasteiger partial charge in [0.05, 0.1) is 27.6 Å². The Balaban J connectivity index is 1.07. The van der Waals surface area contributed by atoms with Crippen molar-refractivity contribution in [3.63, 3.8) is 0 Å². The Kier molecular flexibility index (Phi) is 8.37. The zero-order valence-electron chi connectivity index (χ0n) is 36.8. The fraction of sp³-hybridized carbons (Fsp3) is 0.0667. The maximum absolute atomic E-state index is 6.87. The van der Waals surface area contributed by atoms with Gasteiger partial charge in [-0.25, -0.2) is 4.98 Å². The van der Waals surface area contributed by atoms with Crippen LogP contribution < -0.4 is 9.14 Å². The summed E-state index contributed by atoms with van der Waals surface area (Å²) in [7, 11) is 0. The predicted molar refractivity (Wildman–Crippen MR) is 270 cm³/mol. The molecular formula is C60H43N5O. The van der Waals surface area contributed by atoms with Crippen molar-refractivity contribution in [3.05, 3.63) is 218 Å². The summed E-state index contributed by atoms with van der Waals surface area (Å²) in [5.74, 6) is 2.34. The first-order valence-corrected chi connectivity index (χ1v) is 22.5. The van der Waals surface area contributed by atoms with Crippen LogP contribution in [0.5, 0.6) is 11.5 Å². The summed E-state index contributed by atoms with van der Waals surface area (Å²) < 4.78 is 16.1. The van der Waals surface area contributed by atoms with Crippen molar-refractivity contribution >= 4 is 76.5 Å². The molecule has 5 heterocycles. The highest BCUT2D eigenvalue weighted by Crippen LogP contribution is 2.39. The van der Waals surface area contributed by atoms with Crippen LogP contribution in [0.15, 0.2) is 206 Å². The Bertz CT molecular complexity index is 4130. The molecule has 0 saturated heterocycles. The average molecular weight is 850 g/mol. The lowest BCUT2D eigenvalue weighted by molar-refractivity contribution is -0.488. The van der Waals surface area contributed by atoms with Crippen molar-refractivity contribution in [2.24, 2.45) is 0 Å². The molecule has 0 fully saturated rings. The summed E-state index contributed by atoms with van der Waals surface area (Å²) in [6.07, 6.45) is 5.88. The molecule has 0 aliphatic carbocycles. The van der Waals surface area contributed by atoms with Gasteiger partial charge >= 0.3 is 0 Å². The van der Waals surface area contributed by atoms with Gasteiger partial charge in [0.25, 0.3) is 0 Å². The normalized spacial score (nSPS) is 12.2. The molecule has 0 N–H and O–H groups in total. The van der Waals surface area contributed by atoms with E-state index in [1.165, 1.54) is 21.7 Å². The number of rotatable bonds is 5. The van der Waals surface area contributed by atoms with Crippen LogP contribution in [0.25, 0.3) is 99.1 Å². The second-order valence-electron chi connectivity index (χ2n) is 18.2. The van der Waals surface area contributed by atoms with Gasteiger partial charge in [-0.1, -0.05) is 160 Å². The Morgan fingerprint density at radius 3 is 1.88 bits per heavy atom. The molecule has 314 valence electrons. The Labute approximate surface area is 381 Å². The molecular weight excluding hydrogens is 807 g/mol. The molecule has 0 bridgehead atoms. The number of para-hydroxylation sites is 4. The van der Waals surface area contributed by atoms with Crippen LogP contribution in [0.1, 0.15) is 26.3 Å². The van der Waals surface area contributed by atoms with Crippen molar-refractivity contribution in [3.8, 4) is 34.1 Å². The van der Waals surface area contributed by atoms with E-state index in [0.717, 1.165) is 94.4 Å². The molecule has 8 aromatic carbocycles. The number of hydrogen-bond donors (Lipinski definition) is 0. The highest BCUT2D eigenvalue weighted by molar-refractivity contribution is 6.17. The van der Waals surface area contributed by atoms with Gasteiger partial charge in [-0.2, -0.15) is 0 Å². The molecule has 0 saturated carbocycles. The summed E-state index contributed by atoms with van der Waals surface area (Å²) in [5, 5.41) is 8.08. The fourth-order valence-corrected chi connectivity index (χ4v) is 10.2. The van der Waals surface area contributed by atoms with E-state index in [2.05, 4.69) is 239 Å². The first-order valence-electron chi connectivity index (χ1n) is 22.5. The van der Waals surface area contributed by atoms with Crippen LogP contribution >= 0.6 is 0 Å². The first kappa shape index (κ1) is 38.0. The van der Waals surface area contributed by atoms with Crippen molar-refractivity contribution in [2.45, 2.75) is 26.2 Å². The van der Waals surface area contributed by atoms with E-state index in [9.17, 15) is 0 Å². The lowest BCUT2D eigenvalue weighted by atomic mass is 9.88. The molecule has 0 unspecified atom stereocenters. The standard InChI is InChI=1S/C60H43N5O/c1-60(2,3)40-33-34-61-56(35-40)64-52-28-12-10-24-48(52)49-32-31-43(37-55(49)64)66-42-20-15-19-41(36-42)62-38-63-57-44(39-17-5-4-6-18-39)26-16-27-50(57)46-22-8-7-21-45(46)47-23-9-13-29-53(47)65-54-30-14-11-25-51(54)58(62)59(63)65/h4-37H,1-3H3. The molecule has 6 heteroatoms. The number of imidazole rings is 1. The lowest BCUT2D eigenvalue weighted by Crippen LogP contribution is -2.22. The third kappa shape index (κ3) is 5.81. The minimum absolute atomic E-state index is 0.0222. The molecule has 13 rings (SSSR count). The number of benzene rings is 8. The van der Waals surface area contributed by atoms with Crippen LogP contribution in [0.4, 0.5) is 0 Å². The van der Waals surface area contributed by atoms with E-state index < -0.39 is 0 Å². The number of hydrogen-bond acceptors (Lipinski definition) is 2. The van der Waals surface area contributed by atoms with E-state index in [-0.39, 0.29) is 5.41 Å². The highest BCUT2D eigenvalue weighted by atomic mass is 16.5. The molecule has 0 amide bonds. The Morgan fingerprint density at radius 1 is 0.500 bits per heavy atom. The smallest absolute Gasteiger partial charge is 0.198 e. The average Bonchev–Trinajstić information content (AvgIpc) is 4.02. The van der Waals surface area contributed by atoms with Crippen molar-refractivity contribution in [1.29, 1.82) is 0 Å². The third-order valence-electron chi connectivity index (χ3n) is 13.3. The van der Waals surface area contributed by atoms with Crippen molar-refractivity contribution < 1.29 is 9.14 Å². The van der Waals surface area contributed by atoms with Crippen molar-refractivity contribution in [1.82, 2.24) is 18.5 Å². The van der Waals surface area contributed by atoms with Gasteiger partial charge in [0.15, 0.2) is 12.0 Å². The van der Waals surface area contributed by atoms with E-state index in [1.54, 1.807) is 0 Å². The molecule has 6 nitrogen and oxygen atoms in total. The van der Waals surface area contributed by atoms with Crippen LogP contribution in [0, 0.1) is 6.33 Å². The van der Waals surface area contributed by atoms with Gasteiger partial charge < -0.3 is 9.30 Å². The zero-order chi connectivity index (χ0) is 44.1. The molecule has 0 radical (unpaired) electrons. The lowest BCUT2D eigenvalue weighted by Gasteiger charge is -2.20. The van der Waals surface area contributed by atoms with Gasteiger partial charge in [0.1, 0.15) is 22.8 Å². The van der Waals surface area contributed by atoms with E-state index in [1.807, 2.05) is 12.3 Å². The zero-order valence-corrected chi connectivity index (χ0v) is 36.8. The van der Waals surface area contributed by atoms with Crippen LogP contribution in [-0.4, -0.2) is 18.5 Å². The summed E-state index contributed by atoms with van der Waals surface area (Å²) >= 11 is 0. The summed E-state index contributed by atoms with van der Waals surface area (Å²) in [5.41, 5.74) is 11.9. The van der Waals surface area contributed by atoms with Crippen molar-refractivity contribution in [2.75, 3.05) is 0 Å². The SMILES string of the molecule is CC(C)(C)c1ccnc(-n2c3ccccc3c3ccc(Oc4cccc(-n5[c-][n+]6c7c(-c8ccccc8)cccc7c7ccccc7c7ccccc7n7c8ccccc8c5c76)c4)cc32)c1. The molecule has 0 atom stereocenters. The quantitative estimate of drug-likeness (QED) is 0.128. The largest absolute Gasteiger partial charge is 0.458 e. The van der Waals surface area contributed by atoms with Gasteiger partial charge in [-0.15, -0.1) is 0 Å². The third-order valence-corrected chi connectivity index (χ3v) is 13.3. The van der Waals surface area contributed by atoms with Gasteiger partial charge in [0.2, 0.25) is 0 Å². The number of ether oxygens (including phenoxy) is 1. The first-order chi connectivity index (χ1) is 32.4. The molecule has 66 heavy (non-hydrogen) atoms. The minimum Gasteiger partial charge on any atom is -0.458 e. The van der Waals surface area contributed by atoms with Crippen LogP contribution in [-0.2, 0) is 5.41 Å². The second kappa shape index (κ2) is 14.5. The monoisotopic (exact) mass is 849 g/mol. The second-order valence-corrected chi connectivity index (χ2v) is 18.2. The van der Waals surface area contributed by atoms with E-state index >= 15 is 0 Å². The summed E-state index contributed by atoms with van der Waals surface area (Å²) in [4.78, 5) is 4.91. The molecule has 0 aliphatic rings. The molecule has 13 aromatic rings. The number of nitrogens with zero attached hydrogens (tertiary/aromatic N) is 5. The molecule has 5 aromatic heterocycles. The Hall–Kier alpha value is -8.48. The van der Waals surface area contributed by atoms with Crippen LogP contribution in [0.2, 0.25) is 0 Å². The minimum atomic E-state index is -0.0222. The van der Waals surface area contributed by atoms with Crippen LogP contribution in [0.3, 0.4) is 0 Å². The topological polar surface area (TPSA) is 40.5 Å². The van der Waals surface area contributed by atoms with Gasteiger partial charge in [-0.05, 0) is 92.9 Å². The summed E-state index contributed by atoms with van der Waals surface area (Å²) in [6.45, 7) is 6.72. The van der Waals surface area contributed by atoms with Gasteiger partial charge in [-0.3, -0.25) is 13.4 Å². The molecule has 0 spiro atoms. The number of pyridine rings is 1. The molecule has 0 aliphatic heterocycles. The van der Waals surface area contributed by atoms with Gasteiger partial charge in [0, 0.05) is 39.5 Å². The fourth-order valence-electron chi connectivity index (χ4n) is 10.2. The predicted octanol–water partition coefficient (Wildman–Crippen LogP) is 14.7. The van der Waals surface area contributed by atoms with E-state index in [4.69, 9.17) is 9.72 Å². The maximum atomic E-state index is 6.87. The number of aromatic nitrogens is 5. The summed E-state index contributed by atoms with van der Waals surface area (Å²) in [6, 6.07) is 71.3.